The largest absolute Gasteiger partial charge is 0.481 e. The van der Waals surface area contributed by atoms with Crippen molar-refractivity contribution >= 4 is 5.97 Å². The van der Waals surface area contributed by atoms with Gasteiger partial charge in [-0.2, -0.15) is 0 Å². The Morgan fingerprint density at radius 3 is 2.74 bits per heavy atom. The molecule has 2 rings (SSSR count). The maximum Gasteiger partial charge on any atom is 0.312 e. The van der Waals surface area contributed by atoms with Crippen LogP contribution in [0.25, 0.3) is 0 Å². The summed E-state index contributed by atoms with van der Waals surface area (Å²) in [6.07, 6.45) is 1.03. The van der Waals surface area contributed by atoms with E-state index in [9.17, 15) is 15.0 Å². The van der Waals surface area contributed by atoms with Crippen molar-refractivity contribution in [3.63, 3.8) is 0 Å². The molecule has 0 saturated carbocycles. The third-order valence-corrected chi connectivity index (χ3v) is 4.56. The van der Waals surface area contributed by atoms with Gasteiger partial charge in [-0.05, 0) is 37.5 Å². The predicted molar refractivity (Wildman–Crippen MR) is 97.9 cm³/mol. The Balaban J connectivity index is 2.23. The summed E-state index contributed by atoms with van der Waals surface area (Å²) in [7, 11) is 1.61. The van der Waals surface area contributed by atoms with Crippen LogP contribution in [0, 0.1) is 12.3 Å². The lowest BCUT2D eigenvalue weighted by molar-refractivity contribution is -0.158. The lowest BCUT2D eigenvalue weighted by Crippen LogP contribution is -2.33. The van der Waals surface area contributed by atoms with Crippen molar-refractivity contribution in [1.29, 1.82) is 0 Å². The summed E-state index contributed by atoms with van der Waals surface area (Å²) in [6, 6.07) is 5.48. The van der Waals surface area contributed by atoms with Gasteiger partial charge in [0.2, 0.25) is 0 Å². The number of carbonyl (C=O) groups is 1. The molecule has 1 atom stereocenters. The molecular formula is C19H27N3O5. The van der Waals surface area contributed by atoms with E-state index in [1.807, 2.05) is 19.1 Å². The second-order valence-electron chi connectivity index (χ2n) is 7.03. The van der Waals surface area contributed by atoms with Gasteiger partial charge >= 0.3 is 5.97 Å². The molecule has 0 saturated heterocycles. The number of aromatic nitrogens is 3. The fourth-order valence-corrected chi connectivity index (χ4v) is 2.73. The van der Waals surface area contributed by atoms with Gasteiger partial charge in [0.25, 0.3) is 0 Å². The second-order valence-corrected chi connectivity index (χ2v) is 7.03. The first kappa shape index (κ1) is 21.0. The van der Waals surface area contributed by atoms with Gasteiger partial charge < -0.3 is 19.7 Å². The van der Waals surface area contributed by atoms with Gasteiger partial charge in [0.1, 0.15) is 5.69 Å². The van der Waals surface area contributed by atoms with Gasteiger partial charge in [-0.3, -0.25) is 4.79 Å². The molecule has 8 nitrogen and oxygen atoms in total. The Kier molecular flexibility index (Phi) is 7.06. The van der Waals surface area contributed by atoms with Crippen molar-refractivity contribution in [2.24, 2.45) is 5.41 Å². The Hall–Kier alpha value is -2.29. The Bertz CT molecular complexity index is 772. The summed E-state index contributed by atoms with van der Waals surface area (Å²) in [6.45, 7) is 6.23. The van der Waals surface area contributed by atoms with Crippen molar-refractivity contribution in [3.05, 3.63) is 46.8 Å². The zero-order valence-corrected chi connectivity index (χ0v) is 16.2. The highest BCUT2D eigenvalue weighted by atomic mass is 16.5. The molecule has 2 aromatic rings. The molecule has 0 radical (unpaired) electrons. The number of benzene rings is 1. The first-order chi connectivity index (χ1) is 12.8. The number of rotatable bonds is 10. The van der Waals surface area contributed by atoms with Gasteiger partial charge in [-0.1, -0.05) is 23.4 Å². The normalized spacial score (nSPS) is 12.9. The Morgan fingerprint density at radius 1 is 1.37 bits per heavy atom. The lowest BCUT2D eigenvalue weighted by Gasteiger charge is -2.31. The van der Waals surface area contributed by atoms with Gasteiger partial charge in [-0.25, -0.2) is 4.68 Å². The Labute approximate surface area is 158 Å². The molecule has 0 fully saturated rings. The summed E-state index contributed by atoms with van der Waals surface area (Å²) in [5.74, 6) is -0.970. The van der Waals surface area contributed by atoms with E-state index in [-0.39, 0.29) is 13.2 Å². The molecule has 27 heavy (non-hydrogen) atoms. The molecule has 0 spiro atoms. The van der Waals surface area contributed by atoms with Crippen LogP contribution < -0.4 is 0 Å². The molecule has 2 N–H and O–H groups in total. The van der Waals surface area contributed by atoms with Crippen molar-refractivity contribution in [3.8, 4) is 0 Å². The number of hydrogen-bond donors (Lipinski definition) is 2. The van der Waals surface area contributed by atoms with Gasteiger partial charge in [0.05, 0.1) is 44.1 Å². The molecule has 0 bridgehead atoms. The number of carboxylic acid groups (broad SMARTS) is 1. The zero-order valence-electron chi connectivity index (χ0n) is 16.2. The van der Waals surface area contributed by atoms with E-state index >= 15 is 0 Å². The standard InChI is InChI=1S/C19H27N3O5/c1-13-5-6-14(9-15(13)11-23)17(19(2,3)18(24)25)27-12-16-10-22(21-20-16)7-8-26-4/h5-6,9-10,17,23H,7-8,11-12H2,1-4H3,(H,24,25). The molecule has 0 aliphatic heterocycles. The molecule has 1 heterocycles. The van der Waals surface area contributed by atoms with Crippen LogP contribution in [0.2, 0.25) is 0 Å². The molecule has 0 amide bonds. The average Bonchev–Trinajstić information content (AvgIpc) is 3.08. The topological polar surface area (TPSA) is 107 Å². The van der Waals surface area contributed by atoms with E-state index < -0.39 is 17.5 Å². The van der Waals surface area contributed by atoms with Gasteiger partial charge in [-0.15, -0.1) is 5.10 Å². The lowest BCUT2D eigenvalue weighted by atomic mass is 9.82. The third kappa shape index (κ3) is 5.12. The molecule has 1 unspecified atom stereocenters. The smallest absolute Gasteiger partial charge is 0.312 e. The fraction of sp³-hybridized carbons (Fsp3) is 0.526. The molecule has 148 valence electrons. The SMILES string of the molecule is COCCn1cc(COC(c2ccc(C)c(CO)c2)C(C)(C)C(=O)O)nn1. The molecule has 8 heteroatoms. The first-order valence-electron chi connectivity index (χ1n) is 8.72. The number of nitrogens with zero attached hydrogens (tertiary/aromatic N) is 3. The van der Waals surface area contributed by atoms with Crippen LogP contribution in [0.3, 0.4) is 0 Å². The Morgan fingerprint density at radius 2 is 2.11 bits per heavy atom. The van der Waals surface area contributed by atoms with E-state index in [2.05, 4.69) is 10.3 Å². The number of hydrogen-bond acceptors (Lipinski definition) is 6. The van der Waals surface area contributed by atoms with Crippen LogP contribution in [-0.2, 0) is 34.0 Å². The van der Waals surface area contributed by atoms with Crippen LogP contribution >= 0.6 is 0 Å². The molecular weight excluding hydrogens is 350 g/mol. The second kappa shape index (κ2) is 9.07. The highest BCUT2D eigenvalue weighted by Gasteiger charge is 2.39. The van der Waals surface area contributed by atoms with Crippen LogP contribution in [0.15, 0.2) is 24.4 Å². The third-order valence-electron chi connectivity index (χ3n) is 4.56. The van der Waals surface area contributed by atoms with Crippen molar-refractivity contribution in [2.75, 3.05) is 13.7 Å². The number of aliphatic carboxylic acids is 1. The van der Waals surface area contributed by atoms with Crippen molar-refractivity contribution < 1.29 is 24.5 Å². The highest BCUT2D eigenvalue weighted by Crippen LogP contribution is 2.38. The minimum Gasteiger partial charge on any atom is -0.481 e. The number of aliphatic hydroxyl groups excluding tert-OH is 1. The maximum absolute atomic E-state index is 11.8. The fourth-order valence-electron chi connectivity index (χ4n) is 2.73. The highest BCUT2D eigenvalue weighted by molar-refractivity contribution is 5.74. The van der Waals surface area contributed by atoms with E-state index in [0.717, 1.165) is 11.1 Å². The van der Waals surface area contributed by atoms with Gasteiger partial charge in [0.15, 0.2) is 0 Å². The minimum absolute atomic E-state index is 0.117. The van der Waals surface area contributed by atoms with E-state index in [1.54, 1.807) is 37.9 Å². The first-order valence-corrected chi connectivity index (χ1v) is 8.72. The summed E-state index contributed by atoms with van der Waals surface area (Å²) in [5, 5.41) is 27.3. The minimum atomic E-state index is -1.17. The summed E-state index contributed by atoms with van der Waals surface area (Å²) in [4.78, 5) is 11.8. The number of aryl methyl sites for hydroxylation is 1. The van der Waals surface area contributed by atoms with Crippen LogP contribution in [0.4, 0.5) is 0 Å². The predicted octanol–water partition coefficient (Wildman–Crippen LogP) is 2.09. The van der Waals surface area contributed by atoms with E-state index in [1.165, 1.54) is 0 Å². The van der Waals surface area contributed by atoms with Gasteiger partial charge in [0, 0.05) is 7.11 Å². The van der Waals surface area contributed by atoms with Crippen LogP contribution in [-0.4, -0.2) is 44.9 Å². The average molecular weight is 377 g/mol. The molecule has 1 aromatic heterocycles. The zero-order chi connectivity index (χ0) is 20.0. The molecule has 1 aromatic carbocycles. The number of carboxylic acids is 1. The van der Waals surface area contributed by atoms with Crippen LogP contribution in [0.1, 0.15) is 42.3 Å². The molecule has 0 aliphatic rings. The number of aliphatic hydroxyl groups is 1. The summed E-state index contributed by atoms with van der Waals surface area (Å²) in [5.41, 5.74) is 1.81. The number of methoxy groups -OCH3 is 1. The monoisotopic (exact) mass is 377 g/mol. The van der Waals surface area contributed by atoms with E-state index in [0.29, 0.717) is 24.4 Å². The van der Waals surface area contributed by atoms with Crippen molar-refractivity contribution in [1.82, 2.24) is 15.0 Å². The quantitative estimate of drug-likeness (QED) is 0.653. The maximum atomic E-state index is 11.8. The summed E-state index contributed by atoms with van der Waals surface area (Å²) >= 11 is 0. The summed E-state index contributed by atoms with van der Waals surface area (Å²) < 4.78 is 12.6. The van der Waals surface area contributed by atoms with E-state index in [4.69, 9.17) is 9.47 Å². The number of ether oxygens (including phenoxy) is 2. The van der Waals surface area contributed by atoms with Crippen LogP contribution in [0.5, 0.6) is 0 Å². The van der Waals surface area contributed by atoms with Crippen molar-refractivity contribution in [2.45, 2.75) is 46.6 Å². The molecule has 0 aliphatic carbocycles.